The lowest BCUT2D eigenvalue weighted by atomic mass is 10.2. The van der Waals surface area contributed by atoms with Gasteiger partial charge in [0.25, 0.3) is 0 Å². The molecule has 2 aromatic carbocycles. The summed E-state index contributed by atoms with van der Waals surface area (Å²) in [6.07, 6.45) is 3.20. The van der Waals surface area contributed by atoms with Gasteiger partial charge in [0.05, 0.1) is 6.61 Å². The molecule has 0 fully saturated rings. The van der Waals surface area contributed by atoms with E-state index in [2.05, 4.69) is 11.9 Å². The standard InChI is InChI=1S/C21H23NO4/c1-3-5-6-20(23)25-16-9-7-15(8-10-16)21-22-18-14-17(24-13-4-2)11-12-19(18)26-21/h7-12,14H,3-6,13H2,1-2H3. The number of nitrogens with zero attached hydrogens (tertiary/aromatic N) is 1. The van der Waals surface area contributed by atoms with Crippen molar-refractivity contribution < 1.29 is 18.7 Å². The van der Waals surface area contributed by atoms with Crippen LogP contribution in [0.1, 0.15) is 39.5 Å². The van der Waals surface area contributed by atoms with E-state index in [4.69, 9.17) is 13.9 Å². The number of ether oxygens (including phenoxy) is 2. The van der Waals surface area contributed by atoms with E-state index in [0.29, 0.717) is 30.3 Å². The van der Waals surface area contributed by atoms with Gasteiger partial charge in [-0.3, -0.25) is 4.79 Å². The molecule has 0 aliphatic heterocycles. The molecule has 3 aromatic rings. The molecule has 0 radical (unpaired) electrons. The summed E-state index contributed by atoms with van der Waals surface area (Å²) < 4.78 is 16.8. The molecule has 1 heterocycles. The van der Waals surface area contributed by atoms with Crippen LogP contribution in [0.25, 0.3) is 22.6 Å². The van der Waals surface area contributed by atoms with E-state index in [0.717, 1.165) is 36.1 Å². The minimum Gasteiger partial charge on any atom is -0.494 e. The number of oxazole rings is 1. The normalized spacial score (nSPS) is 10.8. The fourth-order valence-corrected chi connectivity index (χ4v) is 2.51. The second-order valence-corrected chi connectivity index (χ2v) is 6.10. The molecule has 5 nitrogen and oxygen atoms in total. The van der Waals surface area contributed by atoms with Crippen molar-refractivity contribution in [2.24, 2.45) is 0 Å². The van der Waals surface area contributed by atoms with Crippen molar-refractivity contribution in [1.82, 2.24) is 4.98 Å². The Morgan fingerprint density at radius 3 is 2.54 bits per heavy atom. The highest BCUT2D eigenvalue weighted by atomic mass is 16.5. The summed E-state index contributed by atoms with van der Waals surface area (Å²) in [5.41, 5.74) is 2.29. The van der Waals surface area contributed by atoms with E-state index in [-0.39, 0.29) is 5.97 Å². The van der Waals surface area contributed by atoms with E-state index < -0.39 is 0 Å². The zero-order chi connectivity index (χ0) is 18.4. The first-order chi connectivity index (χ1) is 12.7. The molecule has 26 heavy (non-hydrogen) atoms. The van der Waals surface area contributed by atoms with Crippen molar-refractivity contribution in [2.75, 3.05) is 6.61 Å². The van der Waals surface area contributed by atoms with Crippen molar-refractivity contribution in [2.45, 2.75) is 39.5 Å². The number of fused-ring (bicyclic) bond motifs is 1. The maximum absolute atomic E-state index is 11.7. The number of rotatable bonds is 8. The van der Waals surface area contributed by atoms with Crippen LogP contribution in [0, 0.1) is 0 Å². The second kappa shape index (κ2) is 8.52. The molecule has 1 aromatic heterocycles. The van der Waals surface area contributed by atoms with Gasteiger partial charge < -0.3 is 13.9 Å². The van der Waals surface area contributed by atoms with Gasteiger partial charge in [0.15, 0.2) is 5.58 Å². The lowest BCUT2D eigenvalue weighted by molar-refractivity contribution is -0.134. The Labute approximate surface area is 152 Å². The summed E-state index contributed by atoms with van der Waals surface area (Å²) in [5, 5.41) is 0. The average molecular weight is 353 g/mol. The zero-order valence-corrected chi connectivity index (χ0v) is 15.2. The lowest BCUT2D eigenvalue weighted by Crippen LogP contribution is -2.07. The van der Waals surface area contributed by atoms with Gasteiger partial charge in [-0.2, -0.15) is 0 Å². The van der Waals surface area contributed by atoms with Gasteiger partial charge in [-0.25, -0.2) is 4.98 Å². The summed E-state index contributed by atoms with van der Waals surface area (Å²) in [4.78, 5) is 16.2. The molecule has 0 amide bonds. The minimum atomic E-state index is -0.207. The van der Waals surface area contributed by atoms with E-state index in [9.17, 15) is 4.79 Å². The van der Waals surface area contributed by atoms with Crippen LogP contribution in [-0.2, 0) is 4.79 Å². The molecule has 0 N–H and O–H groups in total. The van der Waals surface area contributed by atoms with Gasteiger partial charge in [-0.15, -0.1) is 0 Å². The molecule has 3 rings (SSSR count). The number of unbranched alkanes of at least 4 members (excludes halogenated alkanes) is 1. The molecular formula is C21H23NO4. The summed E-state index contributed by atoms with van der Waals surface area (Å²) in [5.74, 6) is 1.63. The highest BCUT2D eigenvalue weighted by Gasteiger charge is 2.10. The number of esters is 1. The molecule has 0 aliphatic rings. The van der Waals surface area contributed by atoms with Crippen molar-refractivity contribution >= 4 is 17.1 Å². The number of aromatic nitrogens is 1. The van der Waals surface area contributed by atoms with Gasteiger partial charge in [-0.1, -0.05) is 20.3 Å². The van der Waals surface area contributed by atoms with Crippen LogP contribution < -0.4 is 9.47 Å². The lowest BCUT2D eigenvalue weighted by Gasteiger charge is -2.04. The quantitative estimate of drug-likeness (QED) is 0.402. The molecule has 136 valence electrons. The Bertz CT molecular complexity index is 867. The van der Waals surface area contributed by atoms with Gasteiger partial charge >= 0.3 is 5.97 Å². The molecule has 0 aliphatic carbocycles. The predicted molar refractivity (Wildman–Crippen MR) is 100 cm³/mol. The molecule has 0 spiro atoms. The smallest absolute Gasteiger partial charge is 0.311 e. The summed E-state index contributed by atoms with van der Waals surface area (Å²) >= 11 is 0. The fourth-order valence-electron chi connectivity index (χ4n) is 2.51. The summed E-state index contributed by atoms with van der Waals surface area (Å²) in [7, 11) is 0. The van der Waals surface area contributed by atoms with Gasteiger partial charge in [0, 0.05) is 18.1 Å². The Morgan fingerprint density at radius 1 is 1.04 bits per heavy atom. The molecule has 0 bridgehead atoms. The van der Waals surface area contributed by atoms with Crippen molar-refractivity contribution in [3.05, 3.63) is 42.5 Å². The third-order valence-corrected chi connectivity index (χ3v) is 3.90. The maximum Gasteiger partial charge on any atom is 0.311 e. The third-order valence-electron chi connectivity index (χ3n) is 3.90. The Hall–Kier alpha value is -2.82. The van der Waals surface area contributed by atoms with E-state index in [1.54, 1.807) is 12.1 Å². The Morgan fingerprint density at radius 2 is 1.81 bits per heavy atom. The van der Waals surface area contributed by atoms with Crippen LogP contribution >= 0.6 is 0 Å². The second-order valence-electron chi connectivity index (χ2n) is 6.10. The van der Waals surface area contributed by atoms with Crippen molar-refractivity contribution in [3.8, 4) is 23.0 Å². The Balaban J connectivity index is 1.73. The molecule has 0 atom stereocenters. The predicted octanol–water partition coefficient (Wildman–Crippen LogP) is 5.38. The van der Waals surface area contributed by atoms with E-state index in [1.807, 2.05) is 37.3 Å². The molecule has 0 saturated heterocycles. The first kappa shape index (κ1) is 18.0. The third kappa shape index (κ3) is 4.42. The molecular weight excluding hydrogens is 330 g/mol. The minimum absolute atomic E-state index is 0.207. The zero-order valence-electron chi connectivity index (χ0n) is 15.2. The summed E-state index contributed by atoms with van der Waals surface area (Å²) in [6, 6.07) is 12.8. The number of hydrogen-bond donors (Lipinski definition) is 0. The first-order valence-corrected chi connectivity index (χ1v) is 9.04. The van der Waals surface area contributed by atoms with Crippen LogP contribution in [0.4, 0.5) is 0 Å². The maximum atomic E-state index is 11.7. The van der Waals surface area contributed by atoms with Crippen LogP contribution in [0.5, 0.6) is 11.5 Å². The molecule has 0 saturated carbocycles. The number of carbonyl (C=O) groups is 1. The van der Waals surface area contributed by atoms with E-state index in [1.165, 1.54) is 0 Å². The monoisotopic (exact) mass is 353 g/mol. The molecule has 0 unspecified atom stereocenters. The average Bonchev–Trinajstić information content (AvgIpc) is 3.08. The number of carbonyl (C=O) groups excluding carboxylic acids is 1. The van der Waals surface area contributed by atoms with Crippen molar-refractivity contribution in [3.63, 3.8) is 0 Å². The van der Waals surface area contributed by atoms with Crippen molar-refractivity contribution in [1.29, 1.82) is 0 Å². The van der Waals surface area contributed by atoms with E-state index >= 15 is 0 Å². The summed E-state index contributed by atoms with van der Waals surface area (Å²) in [6.45, 7) is 4.79. The number of benzene rings is 2. The van der Waals surface area contributed by atoms with Crippen LogP contribution in [0.15, 0.2) is 46.9 Å². The number of hydrogen-bond acceptors (Lipinski definition) is 5. The highest BCUT2D eigenvalue weighted by Crippen LogP contribution is 2.28. The highest BCUT2D eigenvalue weighted by molar-refractivity contribution is 5.78. The van der Waals surface area contributed by atoms with Crippen LogP contribution in [-0.4, -0.2) is 17.6 Å². The van der Waals surface area contributed by atoms with Crippen LogP contribution in [0.3, 0.4) is 0 Å². The largest absolute Gasteiger partial charge is 0.494 e. The van der Waals surface area contributed by atoms with Crippen LogP contribution in [0.2, 0.25) is 0 Å². The van der Waals surface area contributed by atoms with Gasteiger partial charge in [0.1, 0.15) is 17.0 Å². The van der Waals surface area contributed by atoms with Gasteiger partial charge in [-0.05, 0) is 49.2 Å². The topological polar surface area (TPSA) is 61.6 Å². The SMILES string of the molecule is CCCCC(=O)Oc1ccc(-c2nc3cc(OCCC)ccc3o2)cc1. The first-order valence-electron chi connectivity index (χ1n) is 9.04. The van der Waals surface area contributed by atoms with Gasteiger partial charge in [0.2, 0.25) is 5.89 Å². The fraction of sp³-hybridized carbons (Fsp3) is 0.333. The Kier molecular flexibility index (Phi) is 5.89. The molecule has 5 heteroatoms.